The highest BCUT2D eigenvalue weighted by molar-refractivity contribution is 7.98. The van der Waals surface area contributed by atoms with E-state index in [1.54, 1.807) is 49.5 Å². The van der Waals surface area contributed by atoms with Gasteiger partial charge in [-0.25, -0.2) is 44.9 Å². The Bertz CT molecular complexity index is 4740. The molecule has 12 rings (SSSR count). The van der Waals surface area contributed by atoms with E-state index in [1.165, 1.54) is 41.9 Å². The van der Waals surface area contributed by atoms with Crippen LogP contribution in [0.4, 0.5) is 23.1 Å². The smallest absolute Gasteiger partial charge is 0.320 e. The normalized spacial score (nSPS) is 25.6. The molecule has 0 radical (unpaired) electrons. The lowest BCUT2D eigenvalue weighted by molar-refractivity contribution is -0.0363. The van der Waals surface area contributed by atoms with Crippen LogP contribution in [0.25, 0.3) is 44.7 Å². The Balaban J connectivity index is 0.000000176. The monoisotopic (exact) mass is 1690 g/mol. The van der Waals surface area contributed by atoms with Crippen LogP contribution in [0, 0.1) is 6.92 Å². The first-order valence-corrected chi connectivity index (χ1v) is 52.4. The number of anilines is 4. The zero-order valence-electron chi connectivity index (χ0n) is 69.8. The van der Waals surface area contributed by atoms with Crippen molar-refractivity contribution < 1.29 is 64.5 Å². The summed E-state index contributed by atoms with van der Waals surface area (Å²) < 4.78 is 36.1. The first kappa shape index (κ1) is 92.4. The fraction of sp³-hybridized carbons (Fsp3) is 0.603. The predicted molar refractivity (Wildman–Crippen MR) is 474 cm³/mol. The Labute approximate surface area is 680 Å². The van der Waals surface area contributed by atoms with Gasteiger partial charge in [0.25, 0.3) is 0 Å². The molecule has 4 aliphatic heterocycles. The molecule has 115 heavy (non-hydrogen) atoms. The average molecular weight is 1690 g/mol. The van der Waals surface area contributed by atoms with E-state index in [-0.39, 0.29) is 6.01 Å². The van der Waals surface area contributed by atoms with Gasteiger partial charge in [-0.2, -0.15) is 9.97 Å². The highest BCUT2D eigenvalue weighted by atomic mass is 32.2. The van der Waals surface area contributed by atoms with Crippen molar-refractivity contribution in [3.63, 3.8) is 0 Å². The summed E-state index contributed by atoms with van der Waals surface area (Å²) in [7, 11) is 1.50. The Hall–Kier alpha value is -6.44. The molecule has 4 unspecified atom stereocenters. The number of nitrogens with zero attached hydrogens (tertiary/aromatic N) is 15. The van der Waals surface area contributed by atoms with E-state index in [2.05, 4.69) is 209 Å². The predicted octanol–water partition coefficient (Wildman–Crippen LogP) is 8.71. The molecule has 32 nitrogen and oxygen atoms in total. The van der Waals surface area contributed by atoms with Crippen molar-refractivity contribution in [3.05, 3.63) is 78.3 Å². The van der Waals surface area contributed by atoms with Crippen LogP contribution in [0.2, 0.25) is 0 Å². The minimum Gasteiger partial charge on any atom is -0.467 e. The lowest BCUT2D eigenvalue weighted by atomic mass is 10.1. The SMILES string of the molecule is C=P(C)(C)CC[C@H]1OC(n2c(C)nc3c(N)ccnc32)[C@H](O)[C@@H]1O.C=P(C)(C)CC[C@H]1OC(n2cnc3c(NC/C=C(/C)CC)nc(OC)nc32)[C@H](O)[C@@H]1O.C=P(C)(C)CC[C@H]1OC(n2cnc3c(NC/C=C(/C)CC)nc(SC)nc32)[C@H](O)[C@@H]1O.C=P(C)(C)CC[C@H]1OC(n2cnc3c(NC/C=C(/C)CC)ncnc32)[C@H](O)[C@@H]1O. The number of fused-ring (bicyclic) bond motifs is 4. The van der Waals surface area contributed by atoms with Gasteiger partial charge in [0.15, 0.2) is 86.7 Å². The minimum atomic E-state index is -1.26. The Kier molecular flexibility index (Phi) is 32.2. The van der Waals surface area contributed by atoms with Crippen LogP contribution in [0.3, 0.4) is 0 Å². The van der Waals surface area contributed by atoms with Crippen molar-refractivity contribution in [2.45, 2.75) is 197 Å². The minimum absolute atomic E-state index is 0.182. The number of aliphatic hydroxyl groups is 8. The van der Waals surface area contributed by atoms with E-state index in [0.717, 1.165) is 43.9 Å². The first-order valence-electron chi connectivity index (χ1n) is 39.0. The maximum atomic E-state index is 10.7. The summed E-state index contributed by atoms with van der Waals surface area (Å²) in [5, 5.41) is 94.9. The molecule has 8 aromatic heterocycles. The molecule has 4 aliphatic rings. The molecule has 12 heterocycles. The molecule has 37 heteroatoms. The standard InChI is InChI=1S/C21H34N5O4P.C21H34N5O3PS.C20H32N5O3P.C16H25N4O3P/c1-7-13(2)8-10-22-18-15-19(25-21(24-18)29-3)26(12-23-15)20-17(28)16(27)14(30-20)9-11-31(4,5)6;1-7-13(2)8-10-22-18-15-19(25-21(24-18)31-6)26(12-23-15)20-17(28)16(27)14(29-20)9-11-30(3,4)5;1-6-13(2)7-9-21-18-15-19(23-11-22-18)25(12-24-15)20-17(27)16(26)14(28-20)8-10-29(3,4)5;1-9-19-12-10(17)5-7-18-15(12)20(9)16-14(22)13(21)11(23-16)6-8-24(2,3)4/h8,12,14,16-17,20,27-28H,4,7,9-11H2,1-3,5-6H3,(H,22,24,25);8,12,14,16-17,20,27-28H,3,7,9-11H2,1-2,4-6H3,(H,22,24,25);7,11-12,14,16-17,20,26-27H,3,6,8-10H2,1-2,4-5H3,(H,21,22,23);5,7,11,13-14,16,21-22H,2,6,8H2,1,3-4H3,(H2,17,18)/b2*13-8-;13-7-;/t3*14-,16-,17-,20?;11-,13-,14-,16?/m1111/s1. The fourth-order valence-electron chi connectivity index (χ4n) is 13.3. The van der Waals surface area contributed by atoms with Gasteiger partial charge in [0, 0.05) is 25.8 Å². The van der Waals surface area contributed by atoms with E-state index in [1.807, 2.05) is 13.2 Å². The molecule has 4 fully saturated rings. The summed E-state index contributed by atoms with van der Waals surface area (Å²) in [5.74, 6) is 2.44. The topological polar surface area (TPSA) is 432 Å². The van der Waals surface area contributed by atoms with Crippen molar-refractivity contribution in [2.24, 2.45) is 0 Å². The second kappa shape index (κ2) is 40.1. The van der Waals surface area contributed by atoms with Crippen molar-refractivity contribution >= 4 is 132 Å². The molecule has 4 saturated heterocycles. The van der Waals surface area contributed by atoms with Crippen molar-refractivity contribution in [3.8, 4) is 6.01 Å². The molecule has 8 aromatic rings. The summed E-state index contributed by atoms with van der Waals surface area (Å²) in [6.45, 7) is 28.5. The number of pyridine rings is 1. The third kappa shape index (κ3) is 23.8. The average Bonchev–Trinajstić information content (AvgIpc) is 1.62. The lowest BCUT2D eigenvalue weighted by Crippen LogP contribution is -2.32. The van der Waals surface area contributed by atoms with E-state index in [0.29, 0.717) is 124 Å². The number of thioether (sulfide) groups is 1. The second-order valence-electron chi connectivity index (χ2n) is 32.7. The molecule has 0 aliphatic carbocycles. The molecule has 0 spiro atoms. The third-order valence-corrected chi connectivity index (χ3v) is 27.1. The van der Waals surface area contributed by atoms with Crippen molar-refractivity contribution in [1.82, 2.24) is 73.1 Å². The van der Waals surface area contributed by atoms with Crippen molar-refractivity contribution in [1.29, 1.82) is 0 Å². The maximum absolute atomic E-state index is 10.7. The zero-order chi connectivity index (χ0) is 84.3. The van der Waals surface area contributed by atoms with E-state index >= 15 is 0 Å². The number of rotatable bonds is 30. The highest BCUT2D eigenvalue weighted by Crippen LogP contribution is 2.45. The molecular weight excluding hydrogens is 1570 g/mol. The van der Waals surface area contributed by atoms with Crippen LogP contribution in [0.1, 0.15) is 117 Å². The Morgan fingerprint density at radius 2 is 0.843 bits per heavy atom. The number of nitrogen functional groups attached to an aromatic ring is 1. The summed E-state index contributed by atoms with van der Waals surface area (Å²) in [4.78, 5) is 48.7. The van der Waals surface area contributed by atoms with Gasteiger partial charge in [0.1, 0.15) is 66.5 Å². The van der Waals surface area contributed by atoms with Gasteiger partial charge in [-0.1, -0.05) is 67.5 Å². The summed E-state index contributed by atoms with van der Waals surface area (Å²) in [6.07, 6.45) is 29.1. The number of ether oxygens (including phenoxy) is 5. The maximum Gasteiger partial charge on any atom is 0.320 e. The number of nitrogens with two attached hydrogens (primary N) is 1. The quantitative estimate of drug-likeness (QED) is 0.00866. The van der Waals surface area contributed by atoms with E-state index in [4.69, 9.17) is 29.4 Å². The van der Waals surface area contributed by atoms with Gasteiger partial charge in [-0.05, 0) is 163 Å². The van der Waals surface area contributed by atoms with Crippen LogP contribution in [0.15, 0.2) is 77.7 Å². The molecule has 0 saturated carbocycles. The number of methoxy groups -OCH3 is 1. The third-order valence-electron chi connectivity index (χ3n) is 20.6. The zero-order valence-corrected chi connectivity index (χ0v) is 74.2. The van der Waals surface area contributed by atoms with Crippen LogP contribution >= 0.6 is 39.3 Å². The summed E-state index contributed by atoms with van der Waals surface area (Å²) in [6, 6.07) is 1.86. The largest absolute Gasteiger partial charge is 0.467 e. The number of hydrogen-bond acceptors (Lipinski definition) is 29. The van der Waals surface area contributed by atoms with Gasteiger partial charge in [0.05, 0.1) is 56.2 Å². The van der Waals surface area contributed by atoms with Crippen molar-refractivity contribution in [2.75, 3.05) is 133 Å². The number of aryl methyl sites for hydroxylation is 1. The molecule has 636 valence electrons. The van der Waals surface area contributed by atoms with E-state index < -0.39 is 126 Å². The first-order chi connectivity index (χ1) is 54.2. The van der Waals surface area contributed by atoms with Crippen LogP contribution < -0.4 is 26.4 Å². The molecular formula is C78H125N19O13P4S. The van der Waals surface area contributed by atoms with Crippen LogP contribution in [0.5, 0.6) is 6.01 Å². The number of nitrogens with one attached hydrogen (secondary N) is 3. The molecule has 13 N–H and O–H groups in total. The molecule has 0 aromatic carbocycles. The number of allylic oxidation sites excluding steroid dienone is 3. The van der Waals surface area contributed by atoms with Gasteiger partial charge >= 0.3 is 6.01 Å². The lowest BCUT2D eigenvalue weighted by Gasteiger charge is -2.19. The van der Waals surface area contributed by atoms with Gasteiger partial charge in [0.2, 0.25) is 0 Å². The molecule has 0 bridgehead atoms. The number of aliphatic hydroxyl groups excluding tert-OH is 8. The second-order valence-corrected chi connectivity index (χ2v) is 50.8. The Morgan fingerprint density at radius 1 is 0.478 bits per heavy atom. The summed E-state index contributed by atoms with van der Waals surface area (Å²) >= 11 is 1.43. The fourth-order valence-corrected chi connectivity index (χ4v) is 17.4. The Morgan fingerprint density at radius 3 is 1.23 bits per heavy atom. The number of imidazole rings is 4. The van der Waals surface area contributed by atoms with Crippen LogP contribution in [-0.2, 0) is 18.9 Å². The number of aromatic nitrogens is 15. The highest BCUT2D eigenvalue weighted by Gasteiger charge is 2.48. The van der Waals surface area contributed by atoms with Crippen LogP contribution in [-0.4, -0.2) is 323 Å². The van der Waals surface area contributed by atoms with E-state index in [9.17, 15) is 40.9 Å². The van der Waals surface area contributed by atoms with Gasteiger partial charge in [-0.3, -0.25) is 18.3 Å². The number of hydrogen-bond donors (Lipinski definition) is 12. The van der Waals surface area contributed by atoms with Gasteiger partial charge < -0.3 is 86.2 Å². The summed E-state index contributed by atoms with van der Waals surface area (Å²) in [5.41, 5.74) is 14.8. The van der Waals surface area contributed by atoms with Gasteiger partial charge in [-0.15, -0.1) is 52.7 Å². The molecule has 16 atom stereocenters. The molecule has 0 amide bonds.